The molecular formula is C18H19ClN2O2. The molecule has 2 aromatic rings. The Bertz CT molecular complexity index is 674. The largest absolute Gasteiger partial charge is 0.347 e. The fourth-order valence-corrected chi connectivity index (χ4v) is 2.35. The summed E-state index contributed by atoms with van der Waals surface area (Å²) in [5.41, 5.74) is 1.96. The second-order valence-corrected chi connectivity index (χ2v) is 5.77. The van der Waals surface area contributed by atoms with Crippen molar-refractivity contribution < 1.29 is 9.59 Å². The highest BCUT2D eigenvalue weighted by Gasteiger charge is 2.14. The summed E-state index contributed by atoms with van der Waals surface area (Å²) in [4.78, 5) is 23.6. The van der Waals surface area contributed by atoms with Gasteiger partial charge in [-0.25, -0.2) is 0 Å². The number of carbonyl (C=O) groups is 2. The Morgan fingerprint density at radius 3 is 2.39 bits per heavy atom. The first-order valence-corrected chi connectivity index (χ1v) is 7.79. The Hall–Kier alpha value is -2.33. The van der Waals surface area contributed by atoms with Gasteiger partial charge in [-0.05, 0) is 29.2 Å². The molecule has 0 heterocycles. The van der Waals surface area contributed by atoms with Gasteiger partial charge in [0.05, 0.1) is 0 Å². The van der Waals surface area contributed by atoms with Crippen molar-refractivity contribution in [2.75, 3.05) is 6.54 Å². The molecule has 2 rings (SSSR count). The zero-order valence-corrected chi connectivity index (χ0v) is 13.6. The van der Waals surface area contributed by atoms with Gasteiger partial charge in [-0.3, -0.25) is 9.59 Å². The van der Waals surface area contributed by atoms with Gasteiger partial charge >= 0.3 is 11.8 Å². The fraction of sp³-hybridized carbons (Fsp3) is 0.222. The number of rotatable bonds is 5. The maximum Gasteiger partial charge on any atom is 0.309 e. The normalized spacial score (nSPS) is 11.6. The highest BCUT2D eigenvalue weighted by Crippen LogP contribution is 2.13. The van der Waals surface area contributed by atoms with Crippen molar-refractivity contribution in [1.82, 2.24) is 10.6 Å². The van der Waals surface area contributed by atoms with Crippen LogP contribution in [0, 0.1) is 0 Å². The second-order valence-electron chi connectivity index (χ2n) is 5.33. The molecule has 0 radical (unpaired) electrons. The summed E-state index contributed by atoms with van der Waals surface area (Å²) >= 11 is 5.87. The molecule has 2 N–H and O–H groups in total. The van der Waals surface area contributed by atoms with Crippen LogP contribution in [-0.2, 0) is 16.1 Å². The molecule has 1 atom stereocenters. The van der Waals surface area contributed by atoms with Gasteiger partial charge in [0.15, 0.2) is 0 Å². The summed E-state index contributed by atoms with van der Waals surface area (Å²) in [5, 5.41) is 5.83. The highest BCUT2D eigenvalue weighted by atomic mass is 35.5. The lowest BCUT2D eigenvalue weighted by Gasteiger charge is -2.13. The first kappa shape index (κ1) is 17.0. The number of hydrogen-bond donors (Lipinski definition) is 2. The van der Waals surface area contributed by atoms with Crippen molar-refractivity contribution in [3.8, 4) is 0 Å². The van der Waals surface area contributed by atoms with Crippen LogP contribution in [0.1, 0.15) is 24.0 Å². The average Bonchev–Trinajstić information content (AvgIpc) is 2.58. The molecular weight excluding hydrogens is 312 g/mol. The Balaban J connectivity index is 1.78. The molecule has 0 aliphatic rings. The molecule has 4 nitrogen and oxygen atoms in total. The molecule has 0 aromatic heterocycles. The minimum absolute atomic E-state index is 0.140. The predicted molar refractivity (Wildman–Crippen MR) is 91.2 cm³/mol. The van der Waals surface area contributed by atoms with E-state index in [0.717, 1.165) is 11.1 Å². The molecule has 0 unspecified atom stereocenters. The van der Waals surface area contributed by atoms with Gasteiger partial charge in [0.1, 0.15) is 0 Å². The van der Waals surface area contributed by atoms with E-state index in [1.807, 2.05) is 43.3 Å². The lowest BCUT2D eigenvalue weighted by atomic mass is 10.0. The van der Waals surface area contributed by atoms with Crippen LogP contribution < -0.4 is 10.6 Å². The fourth-order valence-electron chi connectivity index (χ4n) is 2.14. The number of hydrogen-bond acceptors (Lipinski definition) is 2. The van der Waals surface area contributed by atoms with E-state index in [4.69, 9.17) is 11.6 Å². The SMILES string of the molecule is C[C@H](CNC(=O)C(=O)NCc1cccc(Cl)c1)c1ccccc1. The predicted octanol–water partition coefficient (Wildman–Crippen LogP) is 2.88. The van der Waals surface area contributed by atoms with E-state index in [1.165, 1.54) is 0 Å². The minimum Gasteiger partial charge on any atom is -0.347 e. The molecule has 0 saturated heterocycles. The minimum atomic E-state index is -0.648. The summed E-state index contributed by atoms with van der Waals surface area (Å²) in [6.07, 6.45) is 0. The number of nitrogens with one attached hydrogen (secondary N) is 2. The van der Waals surface area contributed by atoms with E-state index in [2.05, 4.69) is 10.6 Å². The second kappa shape index (κ2) is 8.34. The van der Waals surface area contributed by atoms with Crippen LogP contribution in [-0.4, -0.2) is 18.4 Å². The van der Waals surface area contributed by atoms with Crippen molar-refractivity contribution in [2.24, 2.45) is 0 Å². The summed E-state index contributed by atoms with van der Waals surface area (Å²) in [7, 11) is 0. The van der Waals surface area contributed by atoms with Gasteiger partial charge in [-0.1, -0.05) is 61.0 Å². The number of benzene rings is 2. The van der Waals surface area contributed by atoms with Crippen LogP contribution in [0.25, 0.3) is 0 Å². The van der Waals surface area contributed by atoms with Gasteiger partial charge in [-0.15, -0.1) is 0 Å². The summed E-state index contributed by atoms with van der Waals surface area (Å²) < 4.78 is 0. The van der Waals surface area contributed by atoms with Crippen molar-refractivity contribution in [1.29, 1.82) is 0 Å². The first-order chi connectivity index (χ1) is 11.1. The Morgan fingerprint density at radius 2 is 1.70 bits per heavy atom. The van der Waals surface area contributed by atoms with Crippen molar-refractivity contribution in [3.63, 3.8) is 0 Å². The molecule has 0 spiro atoms. The highest BCUT2D eigenvalue weighted by molar-refractivity contribution is 6.35. The van der Waals surface area contributed by atoms with Gasteiger partial charge < -0.3 is 10.6 Å². The molecule has 0 aliphatic heterocycles. The third kappa shape index (κ3) is 5.42. The quantitative estimate of drug-likeness (QED) is 0.828. The maximum absolute atomic E-state index is 11.8. The molecule has 2 amide bonds. The third-order valence-electron chi connectivity index (χ3n) is 3.49. The van der Waals surface area contributed by atoms with E-state index < -0.39 is 11.8 Å². The molecule has 0 saturated carbocycles. The summed E-state index contributed by atoms with van der Waals surface area (Å²) in [6, 6.07) is 17.0. The van der Waals surface area contributed by atoms with Gasteiger partial charge in [0.2, 0.25) is 0 Å². The maximum atomic E-state index is 11.8. The Morgan fingerprint density at radius 1 is 1.00 bits per heavy atom. The van der Waals surface area contributed by atoms with E-state index >= 15 is 0 Å². The van der Waals surface area contributed by atoms with Gasteiger partial charge in [0.25, 0.3) is 0 Å². The van der Waals surface area contributed by atoms with Crippen LogP contribution in [0.4, 0.5) is 0 Å². The zero-order chi connectivity index (χ0) is 16.7. The number of carbonyl (C=O) groups excluding carboxylic acids is 2. The summed E-state index contributed by atoms with van der Waals surface area (Å²) in [6.45, 7) is 2.67. The lowest BCUT2D eigenvalue weighted by Crippen LogP contribution is -2.40. The Kier molecular flexibility index (Phi) is 6.18. The summed E-state index contributed by atoms with van der Waals surface area (Å²) in [5.74, 6) is -1.14. The Labute approximate surface area is 140 Å². The van der Waals surface area contributed by atoms with Crippen molar-refractivity contribution >= 4 is 23.4 Å². The lowest BCUT2D eigenvalue weighted by molar-refractivity contribution is -0.139. The van der Waals surface area contributed by atoms with Crippen molar-refractivity contribution in [2.45, 2.75) is 19.4 Å². The van der Waals surface area contributed by atoms with Gasteiger partial charge in [0, 0.05) is 18.1 Å². The topological polar surface area (TPSA) is 58.2 Å². The average molecular weight is 331 g/mol. The molecule has 0 fully saturated rings. The van der Waals surface area contributed by atoms with Crippen LogP contribution in [0.2, 0.25) is 5.02 Å². The standard InChI is InChI=1S/C18H19ClN2O2/c1-13(15-7-3-2-4-8-15)11-20-17(22)18(23)21-12-14-6-5-9-16(19)10-14/h2-10,13H,11-12H2,1H3,(H,20,22)(H,21,23)/t13-/m1/s1. The van der Waals surface area contributed by atoms with Crippen LogP contribution in [0.3, 0.4) is 0 Å². The first-order valence-electron chi connectivity index (χ1n) is 7.41. The van der Waals surface area contributed by atoms with E-state index in [0.29, 0.717) is 11.6 Å². The molecule has 5 heteroatoms. The molecule has 2 aromatic carbocycles. The zero-order valence-electron chi connectivity index (χ0n) is 12.9. The van der Waals surface area contributed by atoms with Crippen LogP contribution in [0.15, 0.2) is 54.6 Å². The number of halogens is 1. The number of amides is 2. The van der Waals surface area contributed by atoms with E-state index in [1.54, 1.807) is 18.2 Å². The molecule has 120 valence electrons. The van der Waals surface area contributed by atoms with Crippen LogP contribution in [0.5, 0.6) is 0 Å². The van der Waals surface area contributed by atoms with Gasteiger partial charge in [-0.2, -0.15) is 0 Å². The smallest absolute Gasteiger partial charge is 0.309 e. The van der Waals surface area contributed by atoms with Crippen LogP contribution >= 0.6 is 11.6 Å². The molecule has 0 aliphatic carbocycles. The van der Waals surface area contributed by atoms with Crippen molar-refractivity contribution in [3.05, 3.63) is 70.7 Å². The molecule has 0 bridgehead atoms. The third-order valence-corrected chi connectivity index (χ3v) is 3.72. The molecule has 23 heavy (non-hydrogen) atoms. The monoisotopic (exact) mass is 330 g/mol. The van der Waals surface area contributed by atoms with E-state index in [9.17, 15) is 9.59 Å². The van der Waals surface area contributed by atoms with E-state index in [-0.39, 0.29) is 12.5 Å².